The topological polar surface area (TPSA) is 106 Å². The number of nitrogens with one attached hydrogen (secondary N) is 1. The van der Waals surface area contributed by atoms with Crippen LogP contribution in [0.5, 0.6) is 0 Å². The highest BCUT2D eigenvalue weighted by Gasteiger charge is 2.39. The van der Waals surface area contributed by atoms with E-state index in [1.807, 2.05) is 32.0 Å². The predicted octanol–water partition coefficient (Wildman–Crippen LogP) is 3.19. The van der Waals surface area contributed by atoms with Gasteiger partial charge < -0.3 is 10.1 Å². The van der Waals surface area contributed by atoms with Gasteiger partial charge in [0.05, 0.1) is 17.9 Å². The molecule has 2 aromatic rings. The zero-order valence-electron chi connectivity index (χ0n) is 18.6. The first-order valence-corrected chi connectivity index (χ1v) is 13.1. The molecule has 1 amide bonds. The molecule has 32 heavy (non-hydrogen) atoms. The number of aromatic nitrogens is 1. The van der Waals surface area contributed by atoms with Crippen LogP contribution in [-0.2, 0) is 37.4 Å². The van der Waals surface area contributed by atoms with E-state index in [0.29, 0.717) is 36.5 Å². The Hall–Kier alpha value is -2.30. The van der Waals surface area contributed by atoms with Crippen molar-refractivity contribution in [1.82, 2.24) is 9.29 Å². The number of nitrogens with zero attached hydrogens (tertiary/aromatic N) is 2. The van der Waals surface area contributed by atoms with Crippen molar-refractivity contribution in [2.45, 2.75) is 59.1 Å². The Kier molecular flexibility index (Phi) is 8.02. The molecule has 1 aromatic heterocycles. The fourth-order valence-electron chi connectivity index (χ4n) is 3.62. The first-order chi connectivity index (χ1) is 15.2. The third-order valence-corrected chi connectivity index (χ3v) is 8.21. The van der Waals surface area contributed by atoms with Gasteiger partial charge in [0, 0.05) is 17.6 Å². The van der Waals surface area contributed by atoms with Crippen LogP contribution in [0.25, 0.3) is 0 Å². The van der Waals surface area contributed by atoms with Crippen LogP contribution >= 0.6 is 11.3 Å². The summed E-state index contributed by atoms with van der Waals surface area (Å²) in [5.41, 5.74) is 3.36. The van der Waals surface area contributed by atoms with Crippen LogP contribution in [0.3, 0.4) is 0 Å². The third-order valence-electron chi connectivity index (χ3n) is 5.24. The molecular weight excluding hydrogens is 450 g/mol. The summed E-state index contributed by atoms with van der Waals surface area (Å²) in [7, 11) is -3.45. The van der Waals surface area contributed by atoms with Gasteiger partial charge in [-0.25, -0.2) is 13.4 Å². The molecule has 0 saturated carbocycles. The summed E-state index contributed by atoms with van der Waals surface area (Å²) in [5.74, 6) is -0.695. The second-order valence-corrected chi connectivity index (χ2v) is 11.0. The lowest BCUT2D eigenvalue weighted by Crippen LogP contribution is -2.42. The molecule has 1 aromatic carbocycles. The third kappa shape index (κ3) is 6.14. The standard InChI is InChI=1S/C22H29N3O5S2/c1-4-10-32(28,29)25-9-5-6-19(25)22(27)30-13-17-14-31-21(23-17)12-20(26)24-18-11-15(2)7-8-16(18)3/h7-8,11,14,19H,4-6,9-10,12-13H2,1-3H3,(H,24,26). The largest absolute Gasteiger partial charge is 0.458 e. The van der Waals surface area contributed by atoms with Crippen molar-refractivity contribution in [3.63, 3.8) is 0 Å². The van der Waals surface area contributed by atoms with Crippen LogP contribution in [0.15, 0.2) is 23.6 Å². The first-order valence-electron chi connectivity index (χ1n) is 10.7. The molecule has 1 saturated heterocycles. The Bertz CT molecular complexity index is 1080. The number of aryl methyl sites for hydroxylation is 2. The number of benzene rings is 1. The number of esters is 1. The maximum atomic E-state index is 12.5. The number of ether oxygens (including phenoxy) is 1. The maximum absolute atomic E-state index is 12.5. The number of sulfonamides is 1. The molecule has 1 N–H and O–H groups in total. The van der Waals surface area contributed by atoms with Crippen LogP contribution in [0.4, 0.5) is 5.69 Å². The monoisotopic (exact) mass is 479 g/mol. The highest BCUT2D eigenvalue weighted by Crippen LogP contribution is 2.24. The van der Waals surface area contributed by atoms with E-state index in [2.05, 4.69) is 10.3 Å². The van der Waals surface area contributed by atoms with Crippen LogP contribution < -0.4 is 5.32 Å². The molecule has 1 atom stereocenters. The lowest BCUT2D eigenvalue weighted by atomic mass is 10.1. The molecule has 1 fully saturated rings. The average molecular weight is 480 g/mol. The number of anilines is 1. The van der Waals surface area contributed by atoms with Crippen molar-refractivity contribution < 1.29 is 22.7 Å². The van der Waals surface area contributed by atoms with Crippen LogP contribution in [0, 0.1) is 13.8 Å². The van der Waals surface area contributed by atoms with Gasteiger partial charge in [-0.1, -0.05) is 19.1 Å². The zero-order valence-corrected chi connectivity index (χ0v) is 20.2. The van der Waals surface area contributed by atoms with Crippen molar-refractivity contribution in [2.75, 3.05) is 17.6 Å². The molecule has 0 spiro atoms. The van der Waals surface area contributed by atoms with Crippen molar-refractivity contribution in [2.24, 2.45) is 0 Å². The molecule has 0 bridgehead atoms. The lowest BCUT2D eigenvalue weighted by Gasteiger charge is -2.22. The van der Waals surface area contributed by atoms with Crippen molar-refractivity contribution in [1.29, 1.82) is 0 Å². The molecule has 174 valence electrons. The van der Waals surface area contributed by atoms with E-state index in [1.165, 1.54) is 15.6 Å². The molecule has 1 unspecified atom stereocenters. The summed E-state index contributed by atoms with van der Waals surface area (Å²) in [6, 6.07) is 5.10. The number of thiazole rings is 1. The smallest absolute Gasteiger partial charge is 0.324 e. The number of carbonyl (C=O) groups is 2. The van der Waals surface area contributed by atoms with Crippen molar-refractivity contribution >= 4 is 38.9 Å². The van der Waals surface area contributed by atoms with Crippen LogP contribution in [-0.4, -0.2) is 47.9 Å². The zero-order chi connectivity index (χ0) is 23.3. The fourth-order valence-corrected chi connectivity index (χ4v) is 6.14. The van der Waals surface area contributed by atoms with Gasteiger partial charge in [-0.15, -0.1) is 11.3 Å². The SMILES string of the molecule is CCCS(=O)(=O)N1CCCC1C(=O)OCc1csc(CC(=O)Nc2cc(C)ccc2C)n1. The van der Waals surface area contributed by atoms with Gasteiger partial charge in [0.2, 0.25) is 15.9 Å². The Morgan fingerprint density at radius 1 is 1.31 bits per heavy atom. The minimum absolute atomic E-state index is 0.0242. The second kappa shape index (κ2) is 10.5. The maximum Gasteiger partial charge on any atom is 0.324 e. The van der Waals surface area contributed by atoms with Gasteiger partial charge in [0.25, 0.3) is 0 Å². The summed E-state index contributed by atoms with van der Waals surface area (Å²) < 4.78 is 31.4. The fraction of sp³-hybridized carbons (Fsp3) is 0.500. The minimum atomic E-state index is -3.45. The van der Waals surface area contributed by atoms with E-state index in [4.69, 9.17) is 4.74 Å². The van der Waals surface area contributed by atoms with Crippen molar-refractivity contribution in [3.8, 4) is 0 Å². The Balaban J connectivity index is 1.53. The van der Waals surface area contributed by atoms with E-state index < -0.39 is 22.0 Å². The van der Waals surface area contributed by atoms with Crippen LogP contribution in [0.2, 0.25) is 0 Å². The predicted molar refractivity (Wildman–Crippen MR) is 124 cm³/mol. The summed E-state index contributed by atoms with van der Waals surface area (Å²) >= 11 is 1.32. The molecular formula is C22H29N3O5S2. The Labute approximate surface area is 193 Å². The molecule has 2 heterocycles. The van der Waals surface area contributed by atoms with E-state index >= 15 is 0 Å². The number of rotatable bonds is 9. The number of carbonyl (C=O) groups excluding carboxylic acids is 2. The van der Waals surface area contributed by atoms with Crippen molar-refractivity contribution in [3.05, 3.63) is 45.4 Å². The average Bonchev–Trinajstić information content (AvgIpc) is 3.39. The molecule has 1 aliphatic rings. The molecule has 8 nitrogen and oxygen atoms in total. The summed E-state index contributed by atoms with van der Waals surface area (Å²) in [4.78, 5) is 29.3. The Morgan fingerprint density at radius 3 is 2.84 bits per heavy atom. The van der Waals surface area contributed by atoms with E-state index in [-0.39, 0.29) is 24.7 Å². The Morgan fingerprint density at radius 2 is 2.09 bits per heavy atom. The second-order valence-electron chi connectivity index (χ2n) is 7.97. The molecule has 1 aliphatic heterocycles. The molecule has 0 aliphatic carbocycles. The number of hydrogen-bond donors (Lipinski definition) is 1. The summed E-state index contributed by atoms with van der Waals surface area (Å²) in [5, 5.41) is 5.27. The van der Waals surface area contributed by atoms with E-state index in [1.54, 1.807) is 12.3 Å². The van der Waals surface area contributed by atoms with Gasteiger partial charge in [-0.05, 0) is 50.3 Å². The lowest BCUT2D eigenvalue weighted by molar-refractivity contribution is -0.148. The summed E-state index contributed by atoms with van der Waals surface area (Å²) in [6.45, 7) is 5.99. The quantitative estimate of drug-likeness (QED) is 0.554. The van der Waals surface area contributed by atoms with E-state index in [0.717, 1.165) is 16.8 Å². The normalized spacial score (nSPS) is 16.8. The molecule has 10 heteroatoms. The first kappa shape index (κ1) is 24.3. The van der Waals surface area contributed by atoms with Gasteiger partial charge in [0.15, 0.2) is 0 Å². The van der Waals surface area contributed by atoms with Gasteiger partial charge >= 0.3 is 5.97 Å². The van der Waals surface area contributed by atoms with E-state index in [9.17, 15) is 18.0 Å². The highest BCUT2D eigenvalue weighted by molar-refractivity contribution is 7.89. The molecule has 0 radical (unpaired) electrons. The molecule has 3 rings (SSSR count). The number of amides is 1. The highest BCUT2D eigenvalue weighted by atomic mass is 32.2. The summed E-state index contributed by atoms with van der Waals surface area (Å²) in [6.07, 6.45) is 1.72. The number of hydrogen-bond acceptors (Lipinski definition) is 7. The van der Waals surface area contributed by atoms with Crippen LogP contribution in [0.1, 0.15) is 48.0 Å². The van der Waals surface area contributed by atoms with Gasteiger partial charge in [0.1, 0.15) is 17.7 Å². The van der Waals surface area contributed by atoms with Gasteiger partial charge in [-0.2, -0.15) is 4.31 Å². The van der Waals surface area contributed by atoms with Gasteiger partial charge in [-0.3, -0.25) is 9.59 Å². The minimum Gasteiger partial charge on any atom is -0.458 e.